The highest BCUT2D eigenvalue weighted by molar-refractivity contribution is 6.05. The van der Waals surface area contributed by atoms with Crippen LogP contribution in [-0.4, -0.2) is 20.1 Å². The number of furan rings is 1. The van der Waals surface area contributed by atoms with Crippen LogP contribution in [0.2, 0.25) is 0 Å². The van der Waals surface area contributed by atoms with E-state index in [0.29, 0.717) is 28.2 Å². The number of para-hydroxylation sites is 1. The normalized spacial score (nSPS) is 10.9. The molecule has 0 unspecified atom stereocenters. The van der Waals surface area contributed by atoms with Gasteiger partial charge in [0.25, 0.3) is 5.91 Å². The molecule has 2 heterocycles. The Morgan fingerprint density at radius 1 is 0.926 bits per heavy atom. The van der Waals surface area contributed by atoms with E-state index in [4.69, 9.17) is 18.3 Å². The Hall–Kier alpha value is -3.74. The van der Waals surface area contributed by atoms with Crippen LogP contribution in [-0.2, 0) is 0 Å². The quantitative estimate of drug-likeness (QED) is 0.591. The lowest BCUT2D eigenvalue weighted by Gasteiger charge is -2.09. The number of fused-ring (bicyclic) bond motifs is 2. The van der Waals surface area contributed by atoms with Crippen LogP contribution >= 0.6 is 0 Å². The second-order valence-corrected chi connectivity index (χ2v) is 5.76. The lowest BCUT2D eigenvalue weighted by molar-refractivity contribution is 0.0997. The average Bonchev–Trinajstić information content (AvgIpc) is 3.12. The van der Waals surface area contributed by atoms with Gasteiger partial charge in [0.05, 0.1) is 19.6 Å². The zero-order valence-corrected chi connectivity index (χ0v) is 14.6. The van der Waals surface area contributed by atoms with E-state index in [1.54, 1.807) is 42.5 Å². The smallest absolute Gasteiger partial charge is 0.302 e. The molecule has 2 aromatic heterocycles. The number of carbonyl (C=O) groups excluding carboxylic acids is 1. The largest absolute Gasteiger partial charge is 0.493 e. The number of anilines is 1. The first-order chi connectivity index (χ1) is 13.1. The minimum absolute atomic E-state index is 0.0103. The van der Waals surface area contributed by atoms with Crippen molar-refractivity contribution in [2.24, 2.45) is 0 Å². The van der Waals surface area contributed by atoms with Crippen molar-refractivity contribution in [3.63, 3.8) is 0 Å². The lowest BCUT2D eigenvalue weighted by atomic mass is 10.2. The zero-order chi connectivity index (χ0) is 19.0. The van der Waals surface area contributed by atoms with Crippen LogP contribution in [0.25, 0.3) is 22.1 Å². The van der Waals surface area contributed by atoms with Gasteiger partial charge in [0.1, 0.15) is 11.0 Å². The molecule has 2 aromatic carbocycles. The third-order valence-corrected chi connectivity index (χ3v) is 4.14. The zero-order valence-electron chi connectivity index (χ0n) is 14.6. The maximum atomic E-state index is 12.6. The number of carbonyl (C=O) groups is 1. The molecule has 27 heavy (non-hydrogen) atoms. The Morgan fingerprint density at radius 3 is 2.48 bits per heavy atom. The molecular formula is C20H15NO6. The van der Waals surface area contributed by atoms with E-state index in [0.717, 1.165) is 0 Å². The average molecular weight is 365 g/mol. The maximum absolute atomic E-state index is 12.6. The van der Waals surface area contributed by atoms with Crippen LogP contribution in [0.15, 0.2) is 62.2 Å². The van der Waals surface area contributed by atoms with Gasteiger partial charge < -0.3 is 23.6 Å². The highest BCUT2D eigenvalue weighted by atomic mass is 16.5. The minimum Gasteiger partial charge on any atom is -0.493 e. The molecule has 0 aliphatic carbocycles. The van der Waals surface area contributed by atoms with Crippen molar-refractivity contribution in [2.75, 3.05) is 19.5 Å². The molecule has 4 rings (SSSR count). The molecule has 1 amide bonds. The standard InChI is InChI=1S/C20H15NO6/c1-24-15-8-7-11(9-16(15)25-2)21-19(23)17-10-13-18(22)12-5-3-4-6-14(12)26-20(13)27-17/h3-10H,1-2H3,(H,21,23). The van der Waals surface area contributed by atoms with E-state index in [9.17, 15) is 9.59 Å². The first kappa shape index (κ1) is 16.7. The molecule has 0 atom stereocenters. The summed E-state index contributed by atoms with van der Waals surface area (Å²) in [5, 5.41) is 3.34. The van der Waals surface area contributed by atoms with Gasteiger partial charge in [-0.1, -0.05) is 12.1 Å². The van der Waals surface area contributed by atoms with Crippen LogP contribution in [0.5, 0.6) is 11.5 Å². The van der Waals surface area contributed by atoms with Crippen LogP contribution in [0.3, 0.4) is 0 Å². The summed E-state index contributed by atoms with van der Waals surface area (Å²) in [5.41, 5.74) is 0.638. The number of nitrogens with one attached hydrogen (secondary N) is 1. The molecule has 0 bridgehead atoms. The third-order valence-electron chi connectivity index (χ3n) is 4.14. The number of ether oxygens (including phenoxy) is 2. The van der Waals surface area contributed by atoms with Crippen molar-refractivity contribution in [1.82, 2.24) is 0 Å². The van der Waals surface area contributed by atoms with Gasteiger partial charge >= 0.3 is 5.78 Å². The summed E-state index contributed by atoms with van der Waals surface area (Å²) in [4.78, 5) is 25.1. The fourth-order valence-corrected chi connectivity index (χ4v) is 2.82. The van der Waals surface area contributed by atoms with E-state index < -0.39 is 5.91 Å². The van der Waals surface area contributed by atoms with Crippen molar-refractivity contribution in [2.45, 2.75) is 0 Å². The Kier molecular flexibility index (Phi) is 4.04. The molecule has 0 saturated carbocycles. The molecule has 0 fully saturated rings. The van der Waals surface area contributed by atoms with E-state index >= 15 is 0 Å². The molecule has 0 aliphatic heterocycles. The van der Waals surface area contributed by atoms with E-state index in [1.807, 2.05) is 0 Å². The Bertz CT molecular complexity index is 1220. The fraction of sp³-hybridized carbons (Fsp3) is 0.100. The van der Waals surface area contributed by atoms with Crippen molar-refractivity contribution in [3.05, 3.63) is 64.5 Å². The van der Waals surface area contributed by atoms with Gasteiger partial charge in [-0.15, -0.1) is 0 Å². The number of methoxy groups -OCH3 is 2. The molecular weight excluding hydrogens is 350 g/mol. The summed E-state index contributed by atoms with van der Waals surface area (Å²) < 4.78 is 21.4. The highest BCUT2D eigenvalue weighted by Crippen LogP contribution is 2.30. The lowest BCUT2D eigenvalue weighted by Crippen LogP contribution is -2.11. The van der Waals surface area contributed by atoms with Crippen molar-refractivity contribution in [1.29, 1.82) is 0 Å². The monoisotopic (exact) mass is 365 g/mol. The summed E-state index contributed by atoms with van der Waals surface area (Å²) in [6.07, 6.45) is 0. The Labute approximate surface area is 153 Å². The SMILES string of the molecule is COc1ccc(NC(=O)c2cc3c(=O)c4ccccc4oc3o2)cc1OC. The molecule has 1 N–H and O–H groups in total. The van der Waals surface area contributed by atoms with Crippen LogP contribution in [0.4, 0.5) is 5.69 Å². The fourth-order valence-electron chi connectivity index (χ4n) is 2.82. The first-order valence-corrected chi connectivity index (χ1v) is 8.09. The van der Waals surface area contributed by atoms with Gasteiger partial charge in [0, 0.05) is 17.8 Å². The molecule has 7 nitrogen and oxygen atoms in total. The molecule has 0 radical (unpaired) electrons. The molecule has 7 heteroatoms. The molecule has 136 valence electrons. The summed E-state index contributed by atoms with van der Waals surface area (Å²) in [7, 11) is 3.03. The first-order valence-electron chi connectivity index (χ1n) is 8.09. The number of hydrogen-bond donors (Lipinski definition) is 1. The van der Waals surface area contributed by atoms with E-state index in [-0.39, 0.29) is 22.4 Å². The van der Waals surface area contributed by atoms with Crippen LogP contribution in [0, 0.1) is 0 Å². The maximum Gasteiger partial charge on any atom is 0.302 e. The summed E-state index contributed by atoms with van der Waals surface area (Å²) >= 11 is 0. The Morgan fingerprint density at radius 2 is 1.70 bits per heavy atom. The van der Waals surface area contributed by atoms with Crippen molar-refractivity contribution >= 4 is 33.7 Å². The third kappa shape index (κ3) is 2.89. The van der Waals surface area contributed by atoms with Crippen LogP contribution < -0.4 is 20.2 Å². The van der Waals surface area contributed by atoms with Gasteiger partial charge in [-0.25, -0.2) is 0 Å². The second kappa shape index (κ2) is 6.53. The molecule has 0 saturated heterocycles. The highest BCUT2D eigenvalue weighted by Gasteiger charge is 2.18. The molecule has 0 spiro atoms. The number of amides is 1. The number of benzene rings is 2. The second-order valence-electron chi connectivity index (χ2n) is 5.76. The van der Waals surface area contributed by atoms with Gasteiger partial charge in [-0.2, -0.15) is 0 Å². The van der Waals surface area contributed by atoms with E-state index in [2.05, 4.69) is 5.32 Å². The van der Waals surface area contributed by atoms with Crippen molar-refractivity contribution in [3.8, 4) is 11.5 Å². The minimum atomic E-state index is -0.517. The predicted molar refractivity (Wildman–Crippen MR) is 99.8 cm³/mol. The molecule has 4 aromatic rings. The summed E-state index contributed by atoms with van der Waals surface area (Å²) in [5.74, 6) is 0.480. The number of rotatable bonds is 4. The molecule has 0 aliphatic rings. The van der Waals surface area contributed by atoms with Gasteiger partial charge in [-0.05, 0) is 24.3 Å². The predicted octanol–water partition coefficient (Wildman–Crippen LogP) is 3.81. The Balaban J connectivity index is 1.70. The summed E-state index contributed by atoms with van der Waals surface area (Å²) in [6.45, 7) is 0. The van der Waals surface area contributed by atoms with Crippen molar-refractivity contribution < 1.29 is 23.1 Å². The topological polar surface area (TPSA) is 90.9 Å². The number of hydrogen-bond acceptors (Lipinski definition) is 6. The van der Waals surface area contributed by atoms with E-state index in [1.165, 1.54) is 20.3 Å². The summed E-state index contributed by atoms with van der Waals surface area (Å²) in [6, 6.07) is 13.2. The van der Waals surface area contributed by atoms with Gasteiger partial charge in [0.15, 0.2) is 17.3 Å². The van der Waals surface area contributed by atoms with Crippen LogP contribution in [0.1, 0.15) is 10.6 Å². The van der Waals surface area contributed by atoms with Gasteiger partial charge in [-0.3, -0.25) is 9.59 Å². The van der Waals surface area contributed by atoms with Gasteiger partial charge in [0.2, 0.25) is 5.43 Å².